The van der Waals surface area contributed by atoms with Crippen LogP contribution in [0.3, 0.4) is 0 Å². The van der Waals surface area contributed by atoms with E-state index in [1.54, 1.807) is 0 Å². The minimum atomic E-state index is -0.703. The zero-order valence-electron chi connectivity index (χ0n) is 12.9. The van der Waals surface area contributed by atoms with Gasteiger partial charge in [0.1, 0.15) is 0 Å². The fourth-order valence-electron chi connectivity index (χ4n) is 2.97. The molecule has 19 heavy (non-hydrogen) atoms. The number of aliphatic carboxylic acids is 1. The predicted octanol–water partition coefficient (Wildman–Crippen LogP) is 2.15. The molecule has 1 saturated heterocycles. The van der Waals surface area contributed by atoms with Gasteiger partial charge in [-0.25, -0.2) is 0 Å². The fraction of sp³-hybridized carbons (Fsp3) is 0.933. The Bertz CT molecular complexity index is 271. The molecular weight excluding hydrogens is 240 g/mol. The minimum absolute atomic E-state index is 0.188. The lowest BCUT2D eigenvalue weighted by Crippen LogP contribution is -2.48. The van der Waals surface area contributed by atoms with E-state index in [-0.39, 0.29) is 6.54 Å². The van der Waals surface area contributed by atoms with Crippen molar-refractivity contribution in [2.24, 2.45) is 11.8 Å². The quantitative estimate of drug-likeness (QED) is 0.770. The summed E-state index contributed by atoms with van der Waals surface area (Å²) in [6, 6.07) is 0.446. The summed E-state index contributed by atoms with van der Waals surface area (Å²) in [5, 5.41) is 9.05. The maximum absolute atomic E-state index is 11.0. The average molecular weight is 270 g/mol. The van der Waals surface area contributed by atoms with Crippen LogP contribution in [0.15, 0.2) is 0 Å². The summed E-state index contributed by atoms with van der Waals surface area (Å²) in [6.45, 7) is 13.3. The highest BCUT2D eigenvalue weighted by Gasteiger charge is 2.26. The summed E-state index contributed by atoms with van der Waals surface area (Å²) >= 11 is 0. The van der Waals surface area contributed by atoms with Crippen LogP contribution >= 0.6 is 0 Å². The summed E-state index contributed by atoms with van der Waals surface area (Å²) in [6.07, 6.45) is 2.21. The third-order valence-corrected chi connectivity index (χ3v) is 3.63. The highest BCUT2D eigenvalue weighted by molar-refractivity contribution is 5.69. The van der Waals surface area contributed by atoms with Crippen LogP contribution in [0.5, 0.6) is 0 Å². The molecule has 0 bridgehead atoms. The van der Waals surface area contributed by atoms with Crippen molar-refractivity contribution in [3.05, 3.63) is 0 Å². The highest BCUT2D eigenvalue weighted by Crippen LogP contribution is 2.18. The molecule has 0 unspecified atom stereocenters. The zero-order chi connectivity index (χ0) is 14.4. The van der Waals surface area contributed by atoms with Crippen molar-refractivity contribution in [3.63, 3.8) is 0 Å². The molecule has 1 heterocycles. The molecule has 0 spiro atoms. The van der Waals surface area contributed by atoms with Gasteiger partial charge < -0.3 is 10.0 Å². The molecule has 0 aromatic rings. The van der Waals surface area contributed by atoms with Crippen LogP contribution in [0.2, 0.25) is 0 Å². The largest absolute Gasteiger partial charge is 0.480 e. The Morgan fingerprint density at radius 3 is 2.21 bits per heavy atom. The molecule has 4 heteroatoms. The van der Waals surface area contributed by atoms with Gasteiger partial charge in [-0.2, -0.15) is 0 Å². The van der Waals surface area contributed by atoms with Crippen molar-refractivity contribution in [2.45, 2.75) is 46.6 Å². The van der Waals surface area contributed by atoms with Crippen LogP contribution in [0.25, 0.3) is 0 Å². The molecule has 0 saturated carbocycles. The van der Waals surface area contributed by atoms with E-state index in [0.29, 0.717) is 17.9 Å². The normalized spacial score (nSPS) is 18.7. The van der Waals surface area contributed by atoms with Crippen LogP contribution in [-0.2, 0) is 4.79 Å². The second-order valence-electron chi connectivity index (χ2n) is 6.64. The van der Waals surface area contributed by atoms with Crippen molar-refractivity contribution in [1.82, 2.24) is 9.80 Å². The predicted molar refractivity (Wildman–Crippen MR) is 78.3 cm³/mol. The van der Waals surface area contributed by atoms with Crippen LogP contribution in [0, 0.1) is 11.8 Å². The molecule has 0 aromatic carbocycles. The first kappa shape index (κ1) is 16.4. The molecule has 0 radical (unpaired) electrons. The minimum Gasteiger partial charge on any atom is -0.480 e. The molecule has 1 rings (SSSR count). The molecule has 0 amide bonds. The number of carboxylic acids is 1. The highest BCUT2D eigenvalue weighted by atomic mass is 16.4. The Morgan fingerprint density at radius 1 is 1.21 bits per heavy atom. The number of hydrogen-bond donors (Lipinski definition) is 1. The van der Waals surface area contributed by atoms with E-state index in [1.807, 2.05) is 0 Å². The van der Waals surface area contributed by atoms with E-state index in [4.69, 9.17) is 5.11 Å². The summed E-state index contributed by atoms with van der Waals surface area (Å²) in [5.74, 6) is 0.528. The van der Waals surface area contributed by atoms with Gasteiger partial charge in [0, 0.05) is 19.1 Å². The fourth-order valence-corrected chi connectivity index (χ4v) is 2.97. The number of piperidine rings is 1. The smallest absolute Gasteiger partial charge is 0.317 e. The molecule has 1 fully saturated rings. The van der Waals surface area contributed by atoms with Crippen LogP contribution in [-0.4, -0.2) is 59.6 Å². The van der Waals surface area contributed by atoms with Gasteiger partial charge >= 0.3 is 5.97 Å². The van der Waals surface area contributed by atoms with Crippen molar-refractivity contribution < 1.29 is 9.90 Å². The van der Waals surface area contributed by atoms with Gasteiger partial charge in [-0.1, -0.05) is 27.7 Å². The standard InChI is InChI=1S/C15H30N2O2/c1-12(2)9-16-7-5-14(6-8-16)17(10-13(3)4)11-15(18)19/h12-14H,5-11H2,1-4H3,(H,18,19). The van der Waals surface area contributed by atoms with Crippen molar-refractivity contribution in [2.75, 3.05) is 32.7 Å². The van der Waals surface area contributed by atoms with Crippen LogP contribution < -0.4 is 0 Å². The average Bonchev–Trinajstić information content (AvgIpc) is 2.27. The maximum atomic E-state index is 11.0. The van der Waals surface area contributed by atoms with E-state index in [0.717, 1.165) is 39.0 Å². The summed E-state index contributed by atoms with van der Waals surface area (Å²) in [5.41, 5.74) is 0. The number of likely N-dealkylation sites (tertiary alicyclic amines) is 1. The third kappa shape index (κ3) is 6.39. The van der Waals surface area contributed by atoms with Gasteiger partial charge in [0.05, 0.1) is 6.54 Å². The molecule has 4 nitrogen and oxygen atoms in total. The molecule has 1 aliphatic rings. The van der Waals surface area contributed by atoms with E-state index in [1.165, 1.54) is 0 Å². The molecule has 0 aliphatic carbocycles. The maximum Gasteiger partial charge on any atom is 0.317 e. The number of hydrogen-bond acceptors (Lipinski definition) is 3. The number of rotatable bonds is 7. The van der Waals surface area contributed by atoms with Gasteiger partial charge in [0.25, 0.3) is 0 Å². The first-order valence-electron chi connectivity index (χ1n) is 7.56. The van der Waals surface area contributed by atoms with E-state index in [2.05, 4.69) is 37.5 Å². The monoisotopic (exact) mass is 270 g/mol. The van der Waals surface area contributed by atoms with Crippen LogP contribution in [0.4, 0.5) is 0 Å². The van der Waals surface area contributed by atoms with Crippen molar-refractivity contribution >= 4 is 5.97 Å². The van der Waals surface area contributed by atoms with E-state index in [9.17, 15) is 4.79 Å². The zero-order valence-corrected chi connectivity index (χ0v) is 12.9. The molecule has 0 atom stereocenters. The molecule has 1 N–H and O–H groups in total. The van der Waals surface area contributed by atoms with E-state index >= 15 is 0 Å². The summed E-state index contributed by atoms with van der Waals surface area (Å²) in [4.78, 5) is 15.7. The summed E-state index contributed by atoms with van der Waals surface area (Å²) < 4.78 is 0. The van der Waals surface area contributed by atoms with Gasteiger partial charge in [0.15, 0.2) is 0 Å². The molecule has 112 valence electrons. The molecular formula is C15H30N2O2. The number of carboxylic acid groups (broad SMARTS) is 1. The van der Waals surface area contributed by atoms with Crippen LogP contribution in [0.1, 0.15) is 40.5 Å². The van der Waals surface area contributed by atoms with Gasteiger partial charge in [-0.05, 0) is 37.8 Å². The van der Waals surface area contributed by atoms with Gasteiger partial charge in [-0.3, -0.25) is 9.69 Å². The Morgan fingerprint density at radius 2 is 1.79 bits per heavy atom. The first-order valence-corrected chi connectivity index (χ1v) is 7.56. The second-order valence-corrected chi connectivity index (χ2v) is 6.64. The Balaban J connectivity index is 2.46. The lowest BCUT2D eigenvalue weighted by molar-refractivity contribution is -0.139. The van der Waals surface area contributed by atoms with Crippen molar-refractivity contribution in [1.29, 1.82) is 0 Å². The van der Waals surface area contributed by atoms with E-state index < -0.39 is 5.97 Å². The SMILES string of the molecule is CC(C)CN1CCC(N(CC(=O)O)CC(C)C)CC1. The topological polar surface area (TPSA) is 43.8 Å². The van der Waals surface area contributed by atoms with Gasteiger partial charge in [0.2, 0.25) is 0 Å². The first-order chi connectivity index (χ1) is 8.88. The Labute approximate surface area is 117 Å². The lowest BCUT2D eigenvalue weighted by Gasteiger charge is -2.39. The van der Waals surface area contributed by atoms with Gasteiger partial charge in [-0.15, -0.1) is 0 Å². The summed E-state index contributed by atoms with van der Waals surface area (Å²) in [7, 11) is 0. The Kier molecular flexibility index (Phi) is 6.80. The lowest BCUT2D eigenvalue weighted by atomic mass is 10.0. The second kappa shape index (κ2) is 7.85. The molecule has 0 aromatic heterocycles. The molecule has 1 aliphatic heterocycles. The van der Waals surface area contributed by atoms with Crippen molar-refractivity contribution in [3.8, 4) is 0 Å². The Hall–Kier alpha value is -0.610. The number of carbonyl (C=O) groups is 1. The third-order valence-electron chi connectivity index (χ3n) is 3.63. The number of nitrogens with zero attached hydrogens (tertiary/aromatic N) is 2.